The summed E-state index contributed by atoms with van der Waals surface area (Å²) < 4.78 is 5.71. The molecule has 0 saturated heterocycles. The van der Waals surface area contributed by atoms with Gasteiger partial charge >= 0.3 is 5.97 Å². The standard InChI is InChI=1S/C18H19ClO3/c1-13-6-2-3-10-17(13)22-11-5-9-16(18(20)21)14-7-4-8-15(19)12-14/h2-4,6-8,10,12,16H,5,9,11H2,1H3,(H,20,21). The van der Waals surface area contributed by atoms with Gasteiger partial charge < -0.3 is 9.84 Å². The largest absolute Gasteiger partial charge is 0.493 e. The van der Waals surface area contributed by atoms with E-state index in [1.54, 1.807) is 24.3 Å². The lowest BCUT2D eigenvalue weighted by Crippen LogP contribution is -2.13. The third kappa shape index (κ3) is 4.50. The number of hydrogen-bond donors (Lipinski definition) is 1. The van der Waals surface area contributed by atoms with E-state index in [2.05, 4.69) is 0 Å². The average molecular weight is 319 g/mol. The molecule has 0 heterocycles. The summed E-state index contributed by atoms with van der Waals surface area (Å²) in [7, 11) is 0. The molecule has 3 nitrogen and oxygen atoms in total. The quantitative estimate of drug-likeness (QED) is 0.754. The van der Waals surface area contributed by atoms with Crippen LogP contribution in [-0.4, -0.2) is 17.7 Å². The molecule has 2 aromatic carbocycles. The minimum absolute atomic E-state index is 0.495. The molecule has 1 unspecified atom stereocenters. The van der Waals surface area contributed by atoms with Gasteiger partial charge in [-0.05, 0) is 49.1 Å². The Morgan fingerprint density at radius 3 is 2.68 bits per heavy atom. The van der Waals surface area contributed by atoms with E-state index in [9.17, 15) is 9.90 Å². The molecule has 0 aliphatic rings. The highest BCUT2D eigenvalue weighted by atomic mass is 35.5. The first-order valence-electron chi connectivity index (χ1n) is 7.24. The van der Waals surface area contributed by atoms with Crippen molar-refractivity contribution >= 4 is 17.6 Å². The van der Waals surface area contributed by atoms with Crippen LogP contribution in [0.5, 0.6) is 5.75 Å². The van der Waals surface area contributed by atoms with Crippen LogP contribution in [0.1, 0.15) is 29.9 Å². The Morgan fingerprint density at radius 2 is 2.00 bits per heavy atom. The normalized spacial score (nSPS) is 11.9. The minimum Gasteiger partial charge on any atom is -0.493 e. The fourth-order valence-corrected chi connectivity index (χ4v) is 2.54. The second-order valence-electron chi connectivity index (χ2n) is 5.20. The van der Waals surface area contributed by atoms with Crippen molar-refractivity contribution in [2.24, 2.45) is 0 Å². The number of aryl methyl sites for hydroxylation is 1. The third-order valence-electron chi connectivity index (χ3n) is 3.54. The van der Waals surface area contributed by atoms with Gasteiger partial charge in [0.2, 0.25) is 0 Å². The van der Waals surface area contributed by atoms with Crippen LogP contribution in [-0.2, 0) is 4.79 Å². The van der Waals surface area contributed by atoms with E-state index < -0.39 is 11.9 Å². The van der Waals surface area contributed by atoms with Crippen molar-refractivity contribution in [1.29, 1.82) is 0 Å². The van der Waals surface area contributed by atoms with Gasteiger partial charge in [0.15, 0.2) is 0 Å². The van der Waals surface area contributed by atoms with Gasteiger partial charge in [0.25, 0.3) is 0 Å². The minimum atomic E-state index is -0.835. The molecular weight excluding hydrogens is 300 g/mol. The predicted octanol–water partition coefficient (Wildman–Crippen LogP) is 4.68. The van der Waals surface area contributed by atoms with Gasteiger partial charge in [-0.3, -0.25) is 4.79 Å². The summed E-state index contributed by atoms with van der Waals surface area (Å²) >= 11 is 5.93. The SMILES string of the molecule is Cc1ccccc1OCCCC(C(=O)O)c1cccc(Cl)c1. The summed E-state index contributed by atoms with van der Waals surface area (Å²) in [4.78, 5) is 11.4. The maximum atomic E-state index is 11.4. The van der Waals surface area contributed by atoms with Gasteiger partial charge in [-0.15, -0.1) is 0 Å². The zero-order chi connectivity index (χ0) is 15.9. The van der Waals surface area contributed by atoms with Crippen LogP contribution >= 0.6 is 11.6 Å². The Labute approximate surface area is 135 Å². The summed E-state index contributed by atoms with van der Waals surface area (Å²) in [6, 6.07) is 14.8. The predicted molar refractivity (Wildman–Crippen MR) is 87.7 cm³/mol. The van der Waals surface area contributed by atoms with E-state index in [4.69, 9.17) is 16.3 Å². The van der Waals surface area contributed by atoms with Crippen molar-refractivity contribution < 1.29 is 14.6 Å². The topological polar surface area (TPSA) is 46.5 Å². The van der Waals surface area contributed by atoms with Crippen molar-refractivity contribution in [1.82, 2.24) is 0 Å². The number of halogens is 1. The highest BCUT2D eigenvalue weighted by Gasteiger charge is 2.19. The van der Waals surface area contributed by atoms with E-state index >= 15 is 0 Å². The monoisotopic (exact) mass is 318 g/mol. The molecule has 0 aliphatic heterocycles. The van der Waals surface area contributed by atoms with Gasteiger partial charge in [-0.2, -0.15) is 0 Å². The second kappa shape index (κ2) is 7.85. The summed E-state index contributed by atoms with van der Waals surface area (Å²) in [5.41, 5.74) is 1.81. The van der Waals surface area contributed by atoms with Crippen LogP contribution in [0.4, 0.5) is 0 Å². The molecule has 0 saturated carbocycles. The van der Waals surface area contributed by atoms with Crippen LogP contribution in [0.15, 0.2) is 48.5 Å². The molecule has 1 N–H and O–H groups in total. The summed E-state index contributed by atoms with van der Waals surface area (Å²) in [5.74, 6) is -0.547. The summed E-state index contributed by atoms with van der Waals surface area (Å²) in [6.07, 6.45) is 1.18. The Morgan fingerprint density at radius 1 is 1.23 bits per heavy atom. The molecular formula is C18H19ClO3. The van der Waals surface area contributed by atoms with E-state index in [1.807, 2.05) is 31.2 Å². The van der Waals surface area contributed by atoms with Gasteiger partial charge in [0.1, 0.15) is 5.75 Å². The van der Waals surface area contributed by atoms with E-state index in [0.717, 1.165) is 16.9 Å². The van der Waals surface area contributed by atoms with E-state index in [1.165, 1.54) is 0 Å². The van der Waals surface area contributed by atoms with Crippen molar-refractivity contribution in [3.8, 4) is 5.75 Å². The molecule has 2 aromatic rings. The molecule has 0 spiro atoms. The zero-order valence-electron chi connectivity index (χ0n) is 12.5. The fourth-order valence-electron chi connectivity index (χ4n) is 2.34. The molecule has 0 aliphatic carbocycles. The van der Waals surface area contributed by atoms with Crippen LogP contribution < -0.4 is 4.74 Å². The lowest BCUT2D eigenvalue weighted by atomic mass is 9.94. The Hall–Kier alpha value is -2.00. The van der Waals surface area contributed by atoms with E-state index in [-0.39, 0.29) is 0 Å². The molecule has 22 heavy (non-hydrogen) atoms. The van der Waals surface area contributed by atoms with Crippen molar-refractivity contribution in [3.05, 3.63) is 64.7 Å². The summed E-state index contributed by atoms with van der Waals surface area (Å²) in [6.45, 7) is 2.48. The number of para-hydroxylation sites is 1. The van der Waals surface area contributed by atoms with Crippen LogP contribution in [0.3, 0.4) is 0 Å². The first-order chi connectivity index (χ1) is 10.6. The number of carbonyl (C=O) groups is 1. The molecule has 116 valence electrons. The van der Waals surface area contributed by atoms with Crippen LogP contribution in [0.25, 0.3) is 0 Å². The van der Waals surface area contributed by atoms with Crippen LogP contribution in [0.2, 0.25) is 5.02 Å². The summed E-state index contributed by atoms with van der Waals surface area (Å²) in [5, 5.41) is 9.95. The highest BCUT2D eigenvalue weighted by Crippen LogP contribution is 2.25. The molecule has 2 rings (SSSR count). The number of rotatable bonds is 7. The smallest absolute Gasteiger partial charge is 0.310 e. The first kappa shape index (κ1) is 16.4. The number of carboxylic acid groups (broad SMARTS) is 1. The molecule has 0 amide bonds. The molecule has 0 radical (unpaired) electrons. The van der Waals surface area contributed by atoms with Crippen molar-refractivity contribution in [2.75, 3.05) is 6.61 Å². The van der Waals surface area contributed by atoms with Gasteiger partial charge in [-0.25, -0.2) is 0 Å². The lowest BCUT2D eigenvalue weighted by Gasteiger charge is -2.14. The second-order valence-corrected chi connectivity index (χ2v) is 5.64. The Kier molecular flexibility index (Phi) is 5.84. The van der Waals surface area contributed by atoms with Crippen LogP contribution in [0, 0.1) is 6.92 Å². The third-order valence-corrected chi connectivity index (χ3v) is 3.77. The number of ether oxygens (including phenoxy) is 1. The number of aliphatic carboxylic acids is 1. The van der Waals surface area contributed by atoms with Crippen molar-refractivity contribution in [2.45, 2.75) is 25.7 Å². The van der Waals surface area contributed by atoms with E-state index in [0.29, 0.717) is 24.5 Å². The number of benzene rings is 2. The molecule has 4 heteroatoms. The van der Waals surface area contributed by atoms with Crippen molar-refractivity contribution in [3.63, 3.8) is 0 Å². The maximum absolute atomic E-state index is 11.4. The molecule has 0 aromatic heterocycles. The lowest BCUT2D eigenvalue weighted by molar-refractivity contribution is -0.139. The first-order valence-corrected chi connectivity index (χ1v) is 7.62. The van der Waals surface area contributed by atoms with Gasteiger partial charge in [0, 0.05) is 5.02 Å². The fraction of sp³-hybridized carbons (Fsp3) is 0.278. The highest BCUT2D eigenvalue weighted by molar-refractivity contribution is 6.30. The number of hydrogen-bond acceptors (Lipinski definition) is 2. The van der Waals surface area contributed by atoms with Gasteiger partial charge in [0.05, 0.1) is 12.5 Å². The molecule has 0 bridgehead atoms. The maximum Gasteiger partial charge on any atom is 0.310 e. The Bertz CT molecular complexity index is 640. The molecule has 1 atom stereocenters. The number of carboxylic acids is 1. The van der Waals surface area contributed by atoms with Gasteiger partial charge in [-0.1, -0.05) is 41.9 Å². The average Bonchev–Trinajstić information content (AvgIpc) is 2.48. The Balaban J connectivity index is 1.90. The zero-order valence-corrected chi connectivity index (χ0v) is 13.2. The molecule has 0 fully saturated rings.